The third-order valence-electron chi connectivity index (χ3n) is 4.91. The van der Waals surface area contributed by atoms with Gasteiger partial charge in [-0.2, -0.15) is 13.2 Å². The van der Waals surface area contributed by atoms with Gasteiger partial charge in [-0.05, 0) is 32.1 Å². The Hall–Kier alpha value is -0.940. The molecule has 0 heterocycles. The fourth-order valence-corrected chi connectivity index (χ4v) is 3.53. The van der Waals surface area contributed by atoms with Crippen molar-refractivity contribution in [1.82, 2.24) is 10.2 Å². The van der Waals surface area contributed by atoms with Crippen LogP contribution in [0.1, 0.15) is 57.8 Å². The Labute approximate surface area is 124 Å². The van der Waals surface area contributed by atoms with Crippen molar-refractivity contribution in [2.24, 2.45) is 5.92 Å². The van der Waals surface area contributed by atoms with Gasteiger partial charge in [0.1, 0.15) is 0 Å². The number of nitrogens with one attached hydrogen (secondary N) is 1. The number of carbonyl (C=O) groups is 1. The van der Waals surface area contributed by atoms with Crippen molar-refractivity contribution >= 4 is 6.03 Å². The predicted molar refractivity (Wildman–Crippen MR) is 75.0 cm³/mol. The molecule has 2 fully saturated rings. The summed E-state index contributed by atoms with van der Waals surface area (Å²) in [5.41, 5.74) is 0. The van der Waals surface area contributed by atoms with E-state index in [1.807, 2.05) is 0 Å². The van der Waals surface area contributed by atoms with Gasteiger partial charge in [0.15, 0.2) is 0 Å². The highest BCUT2D eigenvalue weighted by molar-refractivity contribution is 5.74. The Morgan fingerprint density at radius 2 is 1.71 bits per heavy atom. The molecule has 1 N–H and O–H groups in total. The molecule has 0 bridgehead atoms. The summed E-state index contributed by atoms with van der Waals surface area (Å²) in [4.78, 5) is 13.9. The summed E-state index contributed by atoms with van der Waals surface area (Å²) in [6.07, 6.45) is 2.71. The summed E-state index contributed by atoms with van der Waals surface area (Å²) in [6, 6.07) is -0.320. The topological polar surface area (TPSA) is 32.3 Å². The molecule has 0 aromatic rings. The van der Waals surface area contributed by atoms with E-state index in [4.69, 9.17) is 0 Å². The van der Waals surface area contributed by atoms with E-state index in [0.717, 1.165) is 25.7 Å². The minimum atomic E-state index is -4.14. The zero-order valence-corrected chi connectivity index (χ0v) is 12.6. The van der Waals surface area contributed by atoms with Gasteiger partial charge in [0.2, 0.25) is 0 Å². The highest BCUT2D eigenvalue weighted by Gasteiger charge is 2.42. The van der Waals surface area contributed by atoms with Gasteiger partial charge in [-0.25, -0.2) is 4.79 Å². The van der Waals surface area contributed by atoms with E-state index in [1.165, 1.54) is 6.42 Å². The molecule has 6 heteroatoms. The lowest BCUT2D eigenvalue weighted by Gasteiger charge is -2.35. The Kier molecular flexibility index (Phi) is 5.38. The second kappa shape index (κ2) is 6.88. The number of hydrogen-bond donors (Lipinski definition) is 1. The molecule has 3 nitrogen and oxygen atoms in total. The highest BCUT2D eigenvalue weighted by Crippen LogP contribution is 2.37. The van der Waals surface area contributed by atoms with Gasteiger partial charge in [-0.1, -0.05) is 25.7 Å². The number of alkyl halides is 3. The summed E-state index contributed by atoms with van der Waals surface area (Å²) >= 11 is 0. The van der Waals surface area contributed by atoms with Crippen LogP contribution in [-0.2, 0) is 0 Å². The highest BCUT2D eigenvalue weighted by atomic mass is 19.4. The van der Waals surface area contributed by atoms with Crippen LogP contribution in [0.4, 0.5) is 18.0 Å². The average molecular weight is 306 g/mol. The number of halogens is 3. The fraction of sp³-hybridized carbons (Fsp3) is 0.933. The minimum Gasteiger partial charge on any atom is -0.335 e. The quantitative estimate of drug-likeness (QED) is 0.819. The first-order valence-corrected chi connectivity index (χ1v) is 7.98. The van der Waals surface area contributed by atoms with E-state index in [-0.39, 0.29) is 31.0 Å². The van der Waals surface area contributed by atoms with Gasteiger partial charge < -0.3 is 10.2 Å². The molecule has 0 spiro atoms. The Morgan fingerprint density at radius 1 is 1.05 bits per heavy atom. The second-order valence-electron chi connectivity index (χ2n) is 6.45. The van der Waals surface area contributed by atoms with Gasteiger partial charge >= 0.3 is 12.2 Å². The average Bonchev–Trinajstić information content (AvgIpc) is 2.47. The van der Waals surface area contributed by atoms with Crippen molar-refractivity contribution < 1.29 is 18.0 Å². The number of hydrogen-bond acceptors (Lipinski definition) is 1. The number of nitrogens with zero attached hydrogens (tertiary/aromatic N) is 1. The molecule has 2 amide bonds. The molecule has 2 saturated carbocycles. The van der Waals surface area contributed by atoms with E-state index in [2.05, 4.69) is 5.32 Å². The van der Waals surface area contributed by atoms with Gasteiger partial charge in [0.25, 0.3) is 0 Å². The normalized spacial score (nSPS) is 28.2. The largest absolute Gasteiger partial charge is 0.391 e. The van der Waals surface area contributed by atoms with Crippen molar-refractivity contribution in [1.29, 1.82) is 0 Å². The molecule has 0 saturated heterocycles. The Balaban J connectivity index is 1.84. The molecule has 2 aliphatic rings. The van der Waals surface area contributed by atoms with Crippen LogP contribution in [0.3, 0.4) is 0 Å². The summed E-state index contributed by atoms with van der Waals surface area (Å²) in [5.74, 6) is -1.27. The van der Waals surface area contributed by atoms with Crippen LogP contribution in [0.25, 0.3) is 0 Å². The minimum absolute atomic E-state index is 0.0216. The molecule has 21 heavy (non-hydrogen) atoms. The van der Waals surface area contributed by atoms with Crippen LogP contribution in [0.15, 0.2) is 0 Å². The number of amides is 2. The maximum absolute atomic E-state index is 12.8. The molecule has 2 atom stereocenters. The van der Waals surface area contributed by atoms with E-state index >= 15 is 0 Å². The summed E-state index contributed by atoms with van der Waals surface area (Å²) in [5, 5.41) is 2.80. The molecule has 0 radical (unpaired) electrons. The SMILES string of the molecule is CN(C(=O)NC1CCCC(C(F)(F)F)C1)C1CCCCC1. The molecule has 0 aromatic carbocycles. The molecule has 2 rings (SSSR count). The van der Waals surface area contributed by atoms with E-state index in [1.54, 1.807) is 11.9 Å². The van der Waals surface area contributed by atoms with Crippen molar-refractivity contribution in [3.05, 3.63) is 0 Å². The number of carbonyl (C=O) groups excluding carboxylic acids is 1. The van der Waals surface area contributed by atoms with Gasteiger partial charge in [-0.15, -0.1) is 0 Å². The molecule has 122 valence electrons. The Morgan fingerprint density at radius 3 is 2.33 bits per heavy atom. The number of urea groups is 1. The molecule has 2 aliphatic carbocycles. The van der Waals surface area contributed by atoms with E-state index in [0.29, 0.717) is 12.8 Å². The van der Waals surface area contributed by atoms with E-state index in [9.17, 15) is 18.0 Å². The monoisotopic (exact) mass is 306 g/mol. The summed E-state index contributed by atoms with van der Waals surface area (Å²) in [7, 11) is 1.76. The first-order chi connectivity index (χ1) is 9.88. The van der Waals surface area contributed by atoms with Crippen molar-refractivity contribution in [2.45, 2.75) is 76.0 Å². The molecular formula is C15H25F3N2O. The zero-order valence-electron chi connectivity index (χ0n) is 12.6. The first kappa shape index (κ1) is 16.4. The summed E-state index contributed by atoms with van der Waals surface area (Å²) in [6.45, 7) is 0. The zero-order chi connectivity index (χ0) is 15.5. The van der Waals surface area contributed by atoms with Crippen LogP contribution in [-0.4, -0.2) is 36.2 Å². The lowest BCUT2D eigenvalue weighted by Crippen LogP contribution is -2.49. The number of rotatable bonds is 2. The van der Waals surface area contributed by atoms with Crippen LogP contribution in [0.5, 0.6) is 0 Å². The smallest absolute Gasteiger partial charge is 0.335 e. The Bertz CT molecular complexity index is 353. The predicted octanol–water partition coefficient (Wildman–Crippen LogP) is 4.08. The van der Waals surface area contributed by atoms with Crippen LogP contribution in [0.2, 0.25) is 0 Å². The van der Waals surface area contributed by atoms with Gasteiger partial charge in [0.05, 0.1) is 5.92 Å². The lowest BCUT2D eigenvalue weighted by atomic mass is 9.85. The third-order valence-corrected chi connectivity index (χ3v) is 4.91. The van der Waals surface area contributed by atoms with Gasteiger partial charge in [-0.3, -0.25) is 0 Å². The molecule has 0 aromatic heterocycles. The van der Waals surface area contributed by atoms with E-state index < -0.39 is 12.1 Å². The molecule has 2 unspecified atom stereocenters. The molecular weight excluding hydrogens is 281 g/mol. The lowest BCUT2D eigenvalue weighted by molar-refractivity contribution is -0.183. The van der Waals surface area contributed by atoms with Crippen LogP contribution in [0, 0.1) is 5.92 Å². The van der Waals surface area contributed by atoms with Crippen molar-refractivity contribution in [3.63, 3.8) is 0 Å². The third kappa shape index (κ3) is 4.51. The first-order valence-electron chi connectivity index (χ1n) is 7.98. The fourth-order valence-electron chi connectivity index (χ4n) is 3.53. The van der Waals surface area contributed by atoms with Crippen molar-refractivity contribution in [2.75, 3.05) is 7.05 Å². The van der Waals surface area contributed by atoms with Crippen LogP contribution < -0.4 is 5.32 Å². The standard InChI is InChI=1S/C15H25F3N2O/c1-20(13-8-3-2-4-9-13)14(21)19-12-7-5-6-11(10-12)15(16,17)18/h11-13H,2-10H2,1H3,(H,19,21). The van der Waals surface area contributed by atoms with Crippen molar-refractivity contribution in [3.8, 4) is 0 Å². The maximum Gasteiger partial charge on any atom is 0.391 e. The summed E-state index contributed by atoms with van der Waals surface area (Å²) < 4.78 is 38.3. The maximum atomic E-state index is 12.8. The molecule has 0 aliphatic heterocycles. The van der Waals surface area contributed by atoms with Crippen LogP contribution >= 0.6 is 0 Å². The second-order valence-corrected chi connectivity index (χ2v) is 6.45. The van der Waals surface area contributed by atoms with Gasteiger partial charge in [0, 0.05) is 19.1 Å².